The van der Waals surface area contributed by atoms with E-state index in [9.17, 15) is 117 Å². The van der Waals surface area contributed by atoms with E-state index in [2.05, 4.69) is 56.6 Å². The minimum atomic E-state index is -5.86. The first-order valence-electron chi connectivity index (χ1n) is 34.2. The Hall–Kier alpha value is -8.55. The number of aliphatic imine (C=N–C) groups is 1. The number of aliphatic hydroxyl groups excluding tert-OH is 1. The summed E-state index contributed by atoms with van der Waals surface area (Å²) in [4.78, 5) is 183. The third kappa shape index (κ3) is 28.7. The predicted molar refractivity (Wildman–Crippen MR) is 402 cm³/mol. The number of carboxylic acids is 3. The van der Waals surface area contributed by atoms with Gasteiger partial charge in [0.2, 0.25) is 29.5 Å². The maximum Gasteiger partial charge on any atom is 0.490 e. The van der Waals surface area contributed by atoms with E-state index in [1.807, 2.05) is 10.3 Å². The highest BCUT2D eigenvalue weighted by molar-refractivity contribution is 8.76. The average Bonchev–Trinajstić information content (AvgIpc) is 1.14. The molecule has 2 aliphatic carbocycles. The molecule has 1 saturated heterocycles. The number of amides is 6. The molecule has 1 fully saturated rings. The van der Waals surface area contributed by atoms with Gasteiger partial charge in [-0.25, -0.2) is 23.3 Å². The molecule has 6 amide bonds. The first-order chi connectivity index (χ1) is 52.9. The average molecular weight is 1730 g/mol. The number of ether oxygens (including phenoxy) is 1. The van der Waals surface area contributed by atoms with E-state index in [1.54, 1.807) is 38.1 Å². The van der Waals surface area contributed by atoms with Gasteiger partial charge in [-0.05, 0) is 97.6 Å². The van der Waals surface area contributed by atoms with Crippen LogP contribution in [0.1, 0.15) is 130 Å². The summed E-state index contributed by atoms with van der Waals surface area (Å²) in [6, 6.07) is 4.34. The van der Waals surface area contributed by atoms with E-state index in [1.165, 1.54) is 57.8 Å². The van der Waals surface area contributed by atoms with Crippen molar-refractivity contribution in [2.75, 3.05) is 63.2 Å². The van der Waals surface area contributed by atoms with E-state index in [-0.39, 0.29) is 146 Å². The number of H-pyrrole nitrogens is 1. The van der Waals surface area contributed by atoms with Crippen molar-refractivity contribution in [3.8, 4) is 11.8 Å². The number of benzene rings is 2. The molecule has 0 radical (unpaired) electrons. The second kappa shape index (κ2) is 42.2. The van der Waals surface area contributed by atoms with Crippen molar-refractivity contribution in [2.24, 2.45) is 4.99 Å². The van der Waals surface area contributed by atoms with Gasteiger partial charge in [0, 0.05) is 88.6 Å². The highest BCUT2D eigenvalue weighted by Gasteiger charge is 2.44. The minimum Gasteiger partial charge on any atom is -0.481 e. The fraction of sp³-hybridized carbons (Fsp3) is 0.469. The normalized spacial score (nSPS) is 17.7. The van der Waals surface area contributed by atoms with E-state index >= 15 is 0 Å². The zero-order valence-electron chi connectivity index (χ0n) is 60.3. The van der Waals surface area contributed by atoms with Crippen LogP contribution in [-0.4, -0.2) is 228 Å². The number of carbonyl (C=O) groups excluding carboxylic acids is 6. The molecular formula is C64H83N10O32P3S4. The summed E-state index contributed by atoms with van der Waals surface area (Å²) in [5, 5.41) is 53.3. The van der Waals surface area contributed by atoms with Gasteiger partial charge in [-0.1, -0.05) is 70.2 Å². The Kier molecular flexibility index (Phi) is 34.8. The second-order valence-corrected chi connectivity index (χ2v) is 34.7. The largest absolute Gasteiger partial charge is 0.490 e. The van der Waals surface area contributed by atoms with Gasteiger partial charge < -0.3 is 81.5 Å². The number of carbonyl (C=O) groups is 9. The van der Waals surface area contributed by atoms with Crippen LogP contribution >= 0.6 is 45.1 Å². The number of anilines is 1. The number of aliphatic carboxylic acids is 3. The topological polar surface area (TPSA) is 655 Å². The molecule has 42 nitrogen and oxygen atoms in total. The lowest BCUT2D eigenvalue weighted by Crippen LogP contribution is -2.52. The van der Waals surface area contributed by atoms with E-state index in [4.69, 9.17) is 19.6 Å². The molecular weight excluding hydrogens is 1640 g/mol. The number of hydrogen-bond acceptors (Lipinski definition) is 27. The second-order valence-electron chi connectivity index (χ2n) is 24.9. The van der Waals surface area contributed by atoms with Crippen molar-refractivity contribution >= 4 is 136 Å². The molecule has 113 heavy (non-hydrogen) atoms. The van der Waals surface area contributed by atoms with Gasteiger partial charge >= 0.3 is 47.1 Å². The van der Waals surface area contributed by atoms with Crippen molar-refractivity contribution in [1.29, 1.82) is 0 Å². The summed E-state index contributed by atoms with van der Waals surface area (Å²) < 4.78 is 127. The molecule has 0 spiro atoms. The van der Waals surface area contributed by atoms with Crippen LogP contribution in [0, 0.1) is 11.8 Å². The zero-order chi connectivity index (χ0) is 83.9. The number of rotatable bonds is 44. The molecule has 6 rings (SSSR count). The fourth-order valence-corrected chi connectivity index (χ4v) is 18.5. The Morgan fingerprint density at radius 1 is 0.761 bits per heavy atom. The first kappa shape index (κ1) is 93.3. The van der Waals surface area contributed by atoms with Gasteiger partial charge in [-0.15, -0.1) is 0 Å². The van der Waals surface area contributed by atoms with Crippen molar-refractivity contribution < 1.29 is 141 Å². The molecule has 2 heterocycles. The molecule has 6 unspecified atom stereocenters. The summed E-state index contributed by atoms with van der Waals surface area (Å²) in [5.74, 6) is -3.45. The van der Waals surface area contributed by atoms with Crippen molar-refractivity contribution in [3.05, 3.63) is 119 Å². The molecule has 3 aromatic rings. The molecule has 8 atom stereocenters. The van der Waals surface area contributed by atoms with Gasteiger partial charge in [0.1, 0.15) is 45.8 Å². The Bertz CT molecular complexity index is 4840. The van der Waals surface area contributed by atoms with Crippen LogP contribution in [0.2, 0.25) is 0 Å². The highest BCUT2D eigenvalue weighted by Crippen LogP contribution is 2.66. The van der Waals surface area contributed by atoms with Gasteiger partial charge in [-0.2, -0.15) is 25.5 Å². The van der Waals surface area contributed by atoms with Gasteiger partial charge in [-0.3, -0.25) is 71.3 Å². The summed E-state index contributed by atoms with van der Waals surface area (Å²) in [7, 11) is -23.2. The van der Waals surface area contributed by atoms with E-state index in [0.717, 1.165) is 10.8 Å². The number of phosphoric acid groups is 3. The summed E-state index contributed by atoms with van der Waals surface area (Å²) in [6.45, 7) is 2.24. The monoisotopic (exact) mass is 1720 g/mol. The van der Waals surface area contributed by atoms with E-state index in [0.29, 0.717) is 12.2 Å². The van der Waals surface area contributed by atoms with Crippen LogP contribution in [0.5, 0.6) is 0 Å². The lowest BCUT2D eigenvalue weighted by molar-refractivity contribution is -0.148. The summed E-state index contributed by atoms with van der Waals surface area (Å²) in [6.07, 6.45) is -2.75. The quantitative estimate of drug-likeness (QED) is 0.0125. The molecule has 2 aromatic carbocycles. The van der Waals surface area contributed by atoms with Crippen LogP contribution < -0.4 is 43.1 Å². The molecule has 620 valence electrons. The lowest BCUT2D eigenvalue weighted by atomic mass is 9.76. The number of allylic oxidation sites excluding steroid dienone is 5. The molecule has 0 saturated carbocycles. The third-order valence-electron chi connectivity index (χ3n) is 16.4. The maximum absolute atomic E-state index is 14.7. The number of unbranched alkanes of at least 4 members (excludes halogenated alkanes) is 2. The van der Waals surface area contributed by atoms with Gasteiger partial charge in [0.15, 0.2) is 0 Å². The SMILES string of the molecule is CC/N=C1\C=CC2=C(c3ccccc3C(=O)N(C)CCCC(=O)NC(CCCSSCCC(=O)NCC#Cc3cn([C@H]4CC(O)[C@@H](COP(=O)(O)OP(=O)(O)OP(=O)(O)O)O4)c(=O)[nH]c3=O)C(=O)NCCCCCC(=O)NC(CC(=O)O)C(=O)NC(CC(=O)O)C(=O)O)c3ccc(NCC)c(S(=O)(=O)O)c3CC2=C1S(=O)(=O)O. The number of fused-ring (bicyclic) bond motifs is 2. The Labute approximate surface area is 652 Å². The molecule has 17 N–H and O–H groups in total. The number of aromatic nitrogens is 2. The fourth-order valence-electron chi connectivity index (χ4n) is 11.6. The summed E-state index contributed by atoms with van der Waals surface area (Å²) >= 11 is 0. The number of aromatic amines is 1. The maximum atomic E-state index is 14.7. The number of nitrogens with one attached hydrogen (secondary N) is 7. The predicted octanol–water partition coefficient (Wildman–Crippen LogP) is 1.47. The Morgan fingerprint density at radius 3 is 2.07 bits per heavy atom. The van der Waals surface area contributed by atoms with Gasteiger partial charge in [0.25, 0.3) is 31.7 Å². The summed E-state index contributed by atoms with van der Waals surface area (Å²) in [5.41, 5.74) is -1.72. The third-order valence-corrected chi connectivity index (χ3v) is 24.7. The number of carboxylic acid groups (broad SMARTS) is 3. The number of nitrogens with zero attached hydrogens (tertiary/aromatic N) is 3. The lowest BCUT2D eigenvalue weighted by Gasteiger charge is -2.31. The zero-order valence-corrected chi connectivity index (χ0v) is 66.2. The molecule has 49 heteroatoms. The number of aliphatic hydroxyl groups is 1. The minimum absolute atomic E-state index is 0.00413. The van der Waals surface area contributed by atoms with Crippen molar-refractivity contribution in [1.82, 2.24) is 41.0 Å². The Morgan fingerprint density at radius 2 is 1.42 bits per heavy atom. The molecule has 1 aromatic heterocycles. The van der Waals surface area contributed by atoms with Crippen LogP contribution in [0.25, 0.3) is 5.57 Å². The molecule has 0 bridgehead atoms. The smallest absolute Gasteiger partial charge is 0.481 e. The molecule has 3 aliphatic rings. The Balaban J connectivity index is 1.07. The van der Waals surface area contributed by atoms with Crippen LogP contribution in [-0.2, 0) is 96.6 Å². The number of phosphoric ester groups is 1. The van der Waals surface area contributed by atoms with E-state index < -0.39 is 187 Å². The number of hydrogen-bond donors (Lipinski definition) is 17. The van der Waals surface area contributed by atoms with Crippen LogP contribution in [0.15, 0.2) is 90.3 Å². The van der Waals surface area contributed by atoms with Crippen LogP contribution in [0.3, 0.4) is 0 Å². The van der Waals surface area contributed by atoms with Gasteiger partial charge in [0.05, 0.1) is 43.5 Å². The van der Waals surface area contributed by atoms with Crippen molar-refractivity contribution in [3.63, 3.8) is 0 Å². The van der Waals surface area contributed by atoms with Crippen molar-refractivity contribution in [2.45, 2.75) is 139 Å². The first-order valence-corrected chi connectivity index (χ1v) is 44.0. The highest BCUT2D eigenvalue weighted by atomic mass is 33.1. The molecule has 1 aliphatic heterocycles. The van der Waals surface area contributed by atoms with Crippen LogP contribution in [0.4, 0.5) is 5.69 Å². The standard InChI is InChI=1S/C64H83N10O32P3S4/c1-4-65-43-22-20-38-41(57(43)112(97,98)99)30-42-39(21-23-44(66-5-2)58(42)113(100,101)102)56(38)37-15-8-9-16-40(37)62(86)73(3)27-12-19-52(78)69-45(60(84)68-25-10-6-7-18-51(77)70-46(31-54(79)80)61(85)71-47(63(87)88)32-55(81)82)17-13-28-110-111-29-24-50(76)67-26-11-14-36-34-74(64(89)72-59(36)83)53-33-48(75)49(104-53)35-103-108(93,94)106-109(95,96)105-107(90,91)92/h8-9,15-16,20-23,34,45-49,53,65,75H,4-7,10,12-13,17-19,24-33,35H2,1-3H3,(H,67,76)(H,68,84)(H,69,78)(H,70,77)(H,71,85)(H,79,80)(H,81,82)(H,87,88)(H,93,94)(H,95,96)(H,72,83,89)(H2,90,91,92)(H,97,98,99)(H,100,101,102)/b66-44+/t45?,46?,47?,48?,49-,53-/m1/s1.